The predicted molar refractivity (Wildman–Crippen MR) is 99.8 cm³/mol. The van der Waals surface area contributed by atoms with E-state index in [0.29, 0.717) is 16.5 Å². The van der Waals surface area contributed by atoms with Gasteiger partial charge in [-0.1, -0.05) is 17.7 Å². The van der Waals surface area contributed by atoms with Gasteiger partial charge in [0, 0.05) is 15.2 Å². The van der Waals surface area contributed by atoms with Crippen molar-refractivity contribution in [1.29, 1.82) is 0 Å². The molecular formula is C17H14INO4S. The number of fused-ring (bicyclic) bond motifs is 1. The molecule has 0 saturated carbocycles. The van der Waals surface area contributed by atoms with Crippen LogP contribution in [0.25, 0.3) is 10.9 Å². The van der Waals surface area contributed by atoms with Crippen LogP contribution in [0, 0.1) is 10.5 Å². The van der Waals surface area contributed by atoms with E-state index >= 15 is 0 Å². The van der Waals surface area contributed by atoms with Gasteiger partial charge in [0.1, 0.15) is 0 Å². The van der Waals surface area contributed by atoms with Crippen molar-refractivity contribution < 1.29 is 17.9 Å². The van der Waals surface area contributed by atoms with Crippen molar-refractivity contribution in [3.63, 3.8) is 0 Å². The summed E-state index contributed by atoms with van der Waals surface area (Å²) in [5.41, 5.74) is 1.89. The number of hydrogen-bond acceptors (Lipinski definition) is 4. The molecule has 0 spiro atoms. The molecule has 5 nitrogen and oxygen atoms in total. The van der Waals surface area contributed by atoms with Crippen molar-refractivity contribution in [2.75, 3.05) is 7.11 Å². The Morgan fingerprint density at radius 2 is 1.79 bits per heavy atom. The topological polar surface area (TPSA) is 65.4 Å². The number of benzene rings is 2. The Balaban J connectivity index is 2.20. The van der Waals surface area contributed by atoms with Crippen molar-refractivity contribution >= 4 is 49.5 Å². The van der Waals surface area contributed by atoms with E-state index in [0.717, 1.165) is 9.13 Å². The summed E-state index contributed by atoms with van der Waals surface area (Å²) in [7, 11) is -2.39. The fraction of sp³-hybridized carbons (Fsp3) is 0.118. The van der Waals surface area contributed by atoms with E-state index in [1.165, 1.54) is 11.1 Å². The fourth-order valence-electron chi connectivity index (χ4n) is 2.43. The Morgan fingerprint density at radius 3 is 2.42 bits per heavy atom. The molecule has 0 saturated heterocycles. The lowest BCUT2D eigenvalue weighted by molar-refractivity contribution is 0.0601. The van der Waals surface area contributed by atoms with Crippen molar-refractivity contribution in [2.24, 2.45) is 0 Å². The van der Waals surface area contributed by atoms with Crippen molar-refractivity contribution in [3.05, 3.63) is 63.4 Å². The Labute approximate surface area is 153 Å². The van der Waals surface area contributed by atoms with Crippen LogP contribution in [0.2, 0.25) is 0 Å². The first kappa shape index (κ1) is 17.0. The molecule has 0 unspecified atom stereocenters. The molecule has 124 valence electrons. The summed E-state index contributed by atoms with van der Waals surface area (Å²) in [5, 5.41) is 0.689. The van der Waals surface area contributed by atoms with Gasteiger partial charge in [-0.25, -0.2) is 17.2 Å². The predicted octanol–water partition coefficient (Wildman–Crippen LogP) is 3.58. The maximum absolute atomic E-state index is 12.9. The zero-order valence-corrected chi connectivity index (χ0v) is 16.0. The van der Waals surface area contributed by atoms with Crippen LogP contribution in [0.5, 0.6) is 0 Å². The van der Waals surface area contributed by atoms with Crippen LogP contribution in [0.3, 0.4) is 0 Å². The van der Waals surface area contributed by atoms with Gasteiger partial charge < -0.3 is 4.74 Å². The SMILES string of the molecule is COC(=O)c1ccc2c(c1)c(I)cn2S(=O)(=O)c1ccc(C)cc1. The number of hydrogen-bond donors (Lipinski definition) is 0. The second kappa shape index (κ2) is 6.21. The van der Waals surface area contributed by atoms with Gasteiger partial charge in [0.2, 0.25) is 0 Å². The zero-order valence-electron chi connectivity index (χ0n) is 13.0. The third-order valence-electron chi connectivity index (χ3n) is 3.72. The number of nitrogens with zero attached hydrogens (tertiary/aromatic N) is 1. The number of carbonyl (C=O) groups is 1. The first-order valence-corrected chi connectivity index (χ1v) is 9.57. The number of halogens is 1. The first-order chi connectivity index (χ1) is 11.3. The highest BCUT2D eigenvalue weighted by atomic mass is 127. The van der Waals surface area contributed by atoms with E-state index in [9.17, 15) is 13.2 Å². The van der Waals surface area contributed by atoms with Crippen LogP contribution in [-0.2, 0) is 14.8 Å². The molecule has 0 aliphatic carbocycles. The largest absolute Gasteiger partial charge is 0.465 e. The Hall–Kier alpha value is -1.87. The Morgan fingerprint density at radius 1 is 1.12 bits per heavy atom. The van der Waals surface area contributed by atoms with Crippen LogP contribution < -0.4 is 0 Å². The molecular weight excluding hydrogens is 441 g/mol. The van der Waals surface area contributed by atoms with E-state index in [4.69, 9.17) is 4.74 Å². The van der Waals surface area contributed by atoms with Crippen LogP contribution >= 0.6 is 22.6 Å². The monoisotopic (exact) mass is 455 g/mol. The number of methoxy groups -OCH3 is 1. The standard InChI is InChI=1S/C17H14INO4S/c1-11-3-6-13(7-4-11)24(21,22)19-10-15(18)14-9-12(17(20)23-2)5-8-16(14)19/h3-10H,1-2H3. The van der Waals surface area contributed by atoms with E-state index in [-0.39, 0.29) is 4.90 Å². The summed E-state index contributed by atoms with van der Waals surface area (Å²) in [6.45, 7) is 1.90. The molecule has 2 aromatic carbocycles. The lowest BCUT2D eigenvalue weighted by Crippen LogP contribution is -2.12. The average Bonchev–Trinajstić information content (AvgIpc) is 2.91. The molecule has 0 fully saturated rings. The summed E-state index contributed by atoms with van der Waals surface area (Å²) in [6.07, 6.45) is 1.56. The van der Waals surface area contributed by atoms with E-state index in [1.807, 2.05) is 6.92 Å². The Kier molecular flexibility index (Phi) is 4.39. The summed E-state index contributed by atoms with van der Waals surface area (Å²) in [5.74, 6) is -0.457. The van der Waals surface area contributed by atoms with Gasteiger partial charge in [-0.3, -0.25) is 0 Å². The van der Waals surface area contributed by atoms with Crippen molar-refractivity contribution in [2.45, 2.75) is 11.8 Å². The minimum absolute atomic E-state index is 0.221. The summed E-state index contributed by atoms with van der Waals surface area (Å²) < 4.78 is 32.5. The van der Waals surface area contributed by atoms with E-state index < -0.39 is 16.0 Å². The molecule has 1 heterocycles. The molecule has 0 radical (unpaired) electrons. The van der Waals surface area contributed by atoms with Gasteiger partial charge in [0.15, 0.2) is 0 Å². The second-order valence-corrected chi connectivity index (χ2v) is 8.29. The number of esters is 1. The normalized spacial score (nSPS) is 11.6. The highest BCUT2D eigenvalue weighted by Gasteiger charge is 2.21. The molecule has 1 aromatic heterocycles. The number of aromatic nitrogens is 1. The fourth-order valence-corrected chi connectivity index (χ4v) is 4.70. The van der Waals surface area contributed by atoms with Gasteiger partial charge in [-0.05, 0) is 59.8 Å². The van der Waals surface area contributed by atoms with Crippen molar-refractivity contribution in [1.82, 2.24) is 3.97 Å². The van der Waals surface area contributed by atoms with Gasteiger partial charge in [-0.2, -0.15) is 0 Å². The molecule has 0 bridgehead atoms. The van der Waals surface area contributed by atoms with Crippen molar-refractivity contribution in [3.8, 4) is 0 Å². The number of rotatable bonds is 3. The van der Waals surface area contributed by atoms with E-state index in [1.54, 1.807) is 48.7 Å². The highest BCUT2D eigenvalue weighted by Crippen LogP contribution is 2.28. The lowest BCUT2D eigenvalue weighted by atomic mass is 10.1. The number of aryl methyl sites for hydroxylation is 1. The molecule has 0 N–H and O–H groups in total. The lowest BCUT2D eigenvalue weighted by Gasteiger charge is -2.08. The molecule has 7 heteroatoms. The maximum atomic E-state index is 12.9. The molecule has 24 heavy (non-hydrogen) atoms. The zero-order chi connectivity index (χ0) is 17.5. The minimum Gasteiger partial charge on any atom is -0.465 e. The second-order valence-electron chi connectivity index (χ2n) is 5.31. The number of carbonyl (C=O) groups excluding carboxylic acids is 1. The van der Waals surface area contributed by atoms with Crippen LogP contribution in [0.4, 0.5) is 0 Å². The van der Waals surface area contributed by atoms with Crippen LogP contribution in [0.1, 0.15) is 15.9 Å². The first-order valence-electron chi connectivity index (χ1n) is 7.06. The smallest absolute Gasteiger partial charge is 0.337 e. The third kappa shape index (κ3) is 2.82. The van der Waals surface area contributed by atoms with Gasteiger partial charge in [0.25, 0.3) is 10.0 Å². The molecule has 0 aliphatic heterocycles. The summed E-state index contributed by atoms with van der Waals surface area (Å²) >= 11 is 2.06. The molecule has 3 aromatic rings. The molecule has 0 aliphatic rings. The maximum Gasteiger partial charge on any atom is 0.337 e. The third-order valence-corrected chi connectivity index (χ3v) is 6.27. The highest BCUT2D eigenvalue weighted by molar-refractivity contribution is 14.1. The minimum atomic E-state index is -3.70. The molecule has 0 amide bonds. The van der Waals surface area contributed by atoms with E-state index in [2.05, 4.69) is 22.6 Å². The van der Waals surface area contributed by atoms with Gasteiger partial charge in [-0.15, -0.1) is 0 Å². The van der Waals surface area contributed by atoms with Gasteiger partial charge >= 0.3 is 5.97 Å². The average molecular weight is 455 g/mol. The summed E-state index contributed by atoms with van der Waals surface area (Å²) in [6, 6.07) is 11.5. The van der Waals surface area contributed by atoms with Gasteiger partial charge in [0.05, 0.1) is 23.1 Å². The Bertz CT molecular complexity index is 1040. The number of ether oxygens (including phenoxy) is 1. The summed E-state index contributed by atoms with van der Waals surface area (Å²) in [4.78, 5) is 11.9. The molecule has 0 atom stereocenters. The quantitative estimate of drug-likeness (QED) is 0.448. The van der Waals surface area contributed by atoms with Crippen LogP contribution in [-0.4, -0.2) is 25.5 Å². The van der Waals surface area contributed by atoms with Crippen LogP contribution in [0.15, 0.2) is 53.6 Å². The molecule has 3 rings (SSSR count).